The zero-order valence-electron chi connectivity index (χ0n) is 8.50. The van der Waals surface area contributed by atoms with Gasteiger partial charge < -0.3 is 15.2 Å². The highest BCUT2D eigenvalue weighted by Crippen LogP contribution is 2.31. The molecule has 0 radical (unpaired) electrons. The smallest absolute Gasteiger partial charge is 0.0701 e. The van der Waals surface area contributed by atoms with Crippen molar-refractivity contribution in [2.24, 2.45) is 11.7 Å². The number of hydrogen-bond donors (Lipinski definition) is 1. The third-order valence-electron chi connectivity index (χ3n) is 2.26. The third kappa shape index (κ3) is 5.24. The van der Waals surface area contributed by atoms with Crippen LogP contribution < -0.4 is 5.73 Å². The van der Waals surface area contributed by atoms with E-state index >= 15 is 0 Å². The van der Waals surface area contributed by atoms with E-state index in [1.54, 1.807) is 0 Å². The molecule has 0 bridgehead atoms. The van der Waals surface area contributed by atoms with Crippen molar-refractivity contribution in [3.63, 3.8) is 0 Å². The molecular weight excluding hydrogens is 166 g/mol. The highest BCUT2D eigenvalue weighted by atomic mass is 16.5. The van der Waals surface area contributed by atoms with E-state index in [0.717, 1.165) is 18.9 Å². The Bertz CT molecular complexity index is 126. The van der Waals surface area contributed by atoms with Crippen LogP contribution in [0, 0.1) is 5.92 Å². The Labute approximate surface area is 80.6 Å². The van der Waals surface area contributed by atoms with E-state index in [2.05, 4.69) is 6.92 Å². The van der Waals surface area contributed by atoms with Crippen LogP contribution in [0.3, 0.4) is 0 Å². The van der Waals surface area contributed by atoms with Crippen LogP contribution in [0.25, 0.3) is 0 Å². The van der Waals surface area contributed by atoms with Crippen LogP contribution >= 0.6 is 0 Å². The fourth-order valence-electron chi connectivity index (χ4n) is 1.24. The van der Waals surface area contributed by atoms with E-state index in [4.69, 9.17) is 15.2 Å². The van der Waals surface area contributed by atoms with Crippen molar-refractivity contribution >= 4 is 0 Å². The first-order valence-electron chi connectivity index (χ1n) is 5.25. The quantitative estimate of drug-likeness (QED) is 0.580. The van der Waals surface area contributed by atoms with Crippen LogP contribution in [0.1, 0.15) is 26.2 Å². The molecule has 3 heteroatoms. The SMILES string of the molecule is CCCOCCOCC(N)C1CC1. The minimum Gasteiger partial charge on any atom is -0.379 e. The standard InChI is InChI=1S/C10H21NO2/c1-2-5-12-6-7-13-8-10(11)9-3-4-9/h9-10H,2-8,11H2,1H3. The van der Waals surface area contributed by atoms with Gasteiger partial charge in [0.25, 0.3) is 0 Å². The van der Waals surface area contributed by atoms with Gasteiger partial charge in [0, 0.05) is 12.6 Å². The molecule has 1 saturated carbocycles. The number of rotatable bonds is 8. The van der Waals surface area contributed by atoms with E-state index in [1.807, 2.05) is 0 Å². The van der Waals surface area contributed by atoms with Crippen molar-refractivity contribution in [3.8, 4) is 0 Å². The molecule has 1 rings (SSSR count). The summed E-state index contributed by atoms with van der Waals surface area (Å²) in [5.41, 5.74) is 5.85. The van der Waals surface area contributed by atoms with E-state index in [-0.39, 0.29) is 6.04 Å². The summed E-state index contributed by atoms with van der Waals surface area (Å²) in [6, 6.07) is 0.256. The van der Waals surface area contributed by atoms with Gasteiger partial charge >= 0.3 is 0 Å². The Balaban J connectivity index is 1.77. The van der Waals surface area contributed by atoms with Gasteiger partial charge in [-0.15, -0.1) is 0 Å². The van der Waals surface area contributed by atoms with Gasteiger partial charge in [-0.3, -0.25) is 0 Å². The van der Waals surface area contributed by atoms with Crippen molar-refractivity contribution in [3.05, 3.63) is 0 Å². The zero-order chi connectivity index (χ0) is 9.52. The molecule has 0 heterocycles. The summed E-state index contributed by atoms with van der Waals surface area (Å²) < 4.78 is 10.7. The fourth-order valence-corrected chi connectivity index (χ4v) is 1.24. The fraction of sp³-hybridized carbons (Fsp3) is 1.00. The first kappa shape index (κ1) is 11.0. The largest absolute Gasteiger partial charge is 0.379 e. The zero-order valence-corrected chi connectivity index (χ0v) is 8.50. The van der Waals surface area contributed by atoms with Gasteiger partial charge in [-0.1, -0.05) is 6.92 Å². The molecule has 1 atom stereocenters. The molecule has 1 aliphatic rings. The summed E-state index contributed by atoms with van der Waals surface area (Å²) in [6.45, 7) is 5.01. The first-order chi connectivity index (χ1) is 6.34. The average molecular weight is 187 g/mol. The first-order valence-corrected chi connectivity index (χ1v) is 5.25. The highest BCUT2D eigenvalue weighted by molar-refractivity contribution is 4.83. The van der Waals surface area contributed by atoms with E-state index in [9.17, 15) is 0 Å². The lowest BCUT2D eigenvalue weighted by Gasteiger charge is -2.10. The third-order valence-corrected chi connectivity index (χ3v) is 2.26. The summed E-state index contributed by atoms with van der Waals surface area (Å²) in [6.07, 6.45) is 3.65. The van der Waals surface area contributed by atoms with Crippen molar-refractivity contribution in [2.45, 2.75) is 32.2 Å². The molecular formula is C10H21NO2. The van der Waals surface area contributed by atoms with Crippen LogP contribution in [0.4, 0.5) is 0 Å². The molecule has 78 valence electrons. The van der Waals surface area contributed by atoms with Gasteiger partial charge in [-0.2, -0.15) is 0 Å². The Kier molecular flexibility index (Phi) is 5.35. The minimum atomic E-state index is 0.256. The summed E-state index contributed by atoms with van der Waals surface area (Å²) >= 11 is 0. The second kappa shape index (κ2) is 6.35. The molecule has 13 heavy (non-hydrogen) atoms. The van der Waals surface area contributed by atoms with Crippen molar-refractivity contribution in [1.82, 2.24) is 0 Å². The molecule has 0 aromatic rings. The summed E-state index contributed by atoms with van der Waals surface area (Å²) in [4.78, 5) is 0. The molecule has 0 amide bonds. The van der Waals surface area contributed by atoms with E-state index in [1.165, 1.54) is 12.8 Å². The van der Waals surface area contributed by atoms with Crippen LogP contribution in [0.15, 0.2) is 0 Å². The molecule has 0 spiro atoms. The molecule has 0 aliphatic heterocycles. The lowest BCUT2D eigenvalue weighted by Crippen LogP contribution is -2.29. The maximum atomic E-state index is 5.85. The van der Waals surface area contributed by atoms with Gasteiger partial charge in [0.15, 0.2) is 0 Å². The maximum Gasteiger partial charge on any atom is 0.0701 e. The Morgan fingerprint density at radius 2 is 1.92 bits per heavy atom. The number of hydrogen-bond acceptors (Lipinski definition) is 3. The molecule has 1 fully saturated rings. The Morgan fingerprint density at radius 3 is 2.54 bits per heavy atom. The summed E-state index contributed by atoms with van der Waals surface area (Å²) in [5.74, 6) is 0.733. The molecule has 0 aromatic carbocycles. The maximum absolute atomic E-state index is 5.85. The lowest BCUT2D eigenvalue weighted by molar-refractivity contribution is 0.0411. The molecule has 1 unspecified atom stereocenters. The Hall–Kier alpha value is -0.120. The number of ether oxygens (including phenoxy) is 2. The predicted molar refractivity (Wildman–Crippen MR) is 52.6 cm³/mol. The summed E-state index contributed by atoms with van der Waals surface area (Å²) in [5, 5.41) is 0. The van der Waals surface area contributed by atoms with Crippen LogP contribution in [0.2, 0.25) is 0 Å². The molecule has 3 nitrogen and oxygen atoms in total. The lowest BCUT2D eigenvalue weighted by atomic mass is 10.2. The molecule has 1 aliphatic carbocycles. The van der Waals surface area contributed by atoms with Gasteiger partial charge in [-0.25, -0.2) is 0 Å². The predicted octanol–water partition coefficient (Wildman–Crippen LogP) is 1.17. The van der Waals surface area contributed by atoms with Crippen molar-refractivity contribution < 1.29 is 9.47 Å². The van der Waals surface area contributed by atoms with Gasteiger partial charge in [0.05, 0.1) is 19.8 Å². The number of nitrogens with two attached hydrogens (primary N) is 1. The average Bonchev–Trinajstić information content (AvgIpc) is 2.93. The molecule has 2 N–H and O–H groups in total. The van der Waals surface area contributed by atoms with Crippen molar-refractivity contribution in [2.75, 3.05) is 26.4 Å². The van der Waals surface area contributed by atoms with Crippen LogP contribution in [-0.2, 0) is 9.47 Å². The van der Waals surface area contributed by atoms with Gasteiger partial charge in [-0.05, 0) is 25.2 Å². The van der Waals surface area contributed by atoms with Gasteiger partial charge in [0.1, 0.15) is 0 Å². The highest BCUT2D eigenvalue weighted by Gasteiger charge is 2.28. The molecule has 0 aromatic heterocycles. The van der Waals surface area contributed by atoms with E-state index in [0.29, 0.717) is 19.8 Å². The van der Waals surface area contributed by atoms with E-state index < -0.39 is 0 Å². The minimum absolute atomic E-state index is 0.256. The molecule has 0 saturated heterocycles. The Morgan fingerprint density at radius 1 is 1.23 bits per heavy atom. The topological polar surface area (TPSA) is 44.5 Å². The normalized spacial score (nSPS) is 18.9. The van der Waals surface area contributed by atoms with Gasteiger partial charge in [0.2, 0.25) is 0 Å². The second-order valence-electron chi connectivity index (χ2n) is 3.69. The summed E-state index contributed by atoms with van der Waals surface area (Å²) in [7, 11) is 0. The second-order valence-corrected chi connectivity index (χ2v) is 3.69. The van der Waals surface area contributed by atoms with Crippen molar-refractivity contribution in [1.29, 1.82) is 0 Å². The monoisotopic (exact) mass is 187 g/mol. The van der Waals surface area contributed by atoms with Crippen LogP contribution in [0.5, 0.6) is 0 Å². The van der Waals surface area contributed by atoms with Crippen LogP contribution in [-0.4, -0.2) is 32.5 Å².